The smallest absolute Gasteiger partial charge is 0.332 e. The molecule has 2 aromatic heterocycles. The first-order valence-corrected chi connectivity index (χ1v) is 7.46. The topological polar surface area (TPSA) is 137 Å². The zero-order valence-electron chi connectivity index (χ0n) is 13.9. The molecule has 0 aliphatic carbocycles. The van der Waals surface area contributed by atoms with E-state index in [1.54, 1.807) is 0 Å². The molecule has 1 amide bonds. The second kappa shape index (κ2) is 6.46. The van der Waals surface area contributed by atoms with Gasteiger partial charge in [0.15, 0.2) is 11.2 Å². The van der Waals surface area contributed by atoms with Crippen molar-refractivity contribution in [1.29, 1.82) is 0 Å². The van der Waals surface area contributed by atoms with E-state index >= 15 is 0 Å². The van der Waals surface area contributed by atoms with Crippen molar-refractivity contribution in [3.8, 4) is 0 Å². The first-order chi connectivity index (χ1) is 12.3. The van der Waals surface area contributed by atoms with Crippen LogP contribution in [0.15, 0.2) is 40.2 Å². The Hall–Kier alpha value is -3.44. The van der Waals surface area contributed by atoms with Crippen LogP contribution in [0.5, 0.6) is 0 Å². The molecule has 3 rings (SSSR count). The van der Waals surface area contributed by atoms with Crippen LogP contribution in [0.2, 0.25) is 0 Å². The van der Waals surface area contributed by atoms with Gasteiger partial charge >= 0.3 is 5.69 Å². The third-order valence-electron chi connectivity index (χ3n) is 3.90. The average Bonchev–Trinajstić information content (AvgIpc) is 3.02. The van der Waals surface area contributed by atoms with Crippen molar-refractivity contribution in [2.45, 2.75) is 6.54 Å². The van der Waals surface area contributed by atoms with Crippen molar-refractivity contribution in [3.63, 3.8) is 0 Å². The first-order valence-electron chi connectivity index (χ1n) is 7.46. The molecule has 0 aliphatic heterocycles. The summed E-state index contributed by atoms with van der Waals surface area (Å²) >= 11 is 0. The van der Waals surface area contributed by atoms with E-state index in [0.717, 1.165) is 4.57 Å². The molecule has 0 bridgehead atoms. The van der Waals surface area contributed by atoms with Crippen LogP contribution in [0.1, 0.15) is 0 Å². The van der Waals surface area contributed by atoms with E-state index < -0.39 is 17.2 Å². The van der Waals surface area contributed by atoms with Crippen LogP contribution in [-0.2, 0) is 25.4 Å². The molecule has 0 spiro atoms. The molecule has 136 valence electrons. The van der Waals surface area contributed by atoms with E-state index in [1.165, 1.54) is 53.8 Å². The number of nitrogens with zero attached hydrogens (tertiary/aromatic N) is 5. The normalized spacial score (nSPS) is 10.9. The number of benzene rings is 1. The van der Waals surface area contributed by atoms with Crippen molar-refractivity contribution < 1.29 is 10.0 Å². The predicted molar refractivity (Wildman–Crippen MR) is 92.9 cm³/mol. The van der Waals surface area contributed by atoms with E-state index in [2.05, 4.69) is 10.3 Å². The van der Waals surface area contributed by atoms with Crippen LogP contribution in [0.4, 0.5) is 11.4 Å². The zero-order chi connectivity index (χ0) is 19.0. The molecular weight excluding hydrogens is 344 g/mol. The van der Waals surface area contributed by atoms with Gasteiger partial charge in [-0.05, 0) is 24.3 Å². The molecule has 0 radical (unpaired) electrons. The fraction of sp³-hybridized carbons (Fsp3) is 0.200. The predicted octanol–water partition coefficient (Wildman–Crippen LogP) is -0.234. The average molecular weight is 359 g/mol. The number of rotatable bonds is 4. The molecule has 0 unspecified atom stereocenters. The molecule has 1 aromatic carbocycles. The molecule has 2 N–H and O–H groups in total. The summed E-state index contributed by atoms with van der Waals surface area (Å²) in [6.45, 7) is -0.195. The number of carbonyl (C=O) groups excluding carboxylic acids is 1. The van der Waals surface area contributed by atoms with Crippen molar-refractivity contribution in [2.24, 2.45) is 14.1 Å². The van der Waals surface area contributed by atoms with Gasteiger partial charge in [0.25, 0.3) is 5.56 Å². The van der Waals surface area contributed by atoms with Gasteiger partial charge in [-0.3, -0.25) is 23.9 Å². The van der Waals surface area contributed by atoms with E-state index in [0.29, 0.717) is 5.69 Å². The third-order valence-corrected chi connectivity index (χ3v) is 3.90. The lowest BCUT2D eigenvalue weighted by Gasteiger charge is -2.21. The Morgan fingerprint density at radius 2 is 1.88 bits per heavy atom. The molecule has 11 nitrogen and oxygen atoms in total. The van der Waals surface area contributed by atoms with Crippen LogP contribution in [-0.4, -0.2) is 29.8 Å². The highest BCUT2D eigenvalue weighted by atomic mass is 16.8. The van der Waals surface area contributed by atoms with E-state index in [4.69, 9.17) is 5.21 Å². The number of amides is 1. The van der Waals surface area contributed by atoms with Crippen LogP contribution >= 0.6 is 0 Å². The number of carbonyl (C=O) groups is 1. The fourth-order valence-corrected chi connectivity index (χ4v) is 2.54. The van der Waals surface area contributed by atoms with Crippen LogP contribution in [0, 0.1) is 5.21 Å². The maximum atomic E-state index is 12.3. The molecule has 3 aromatic rings. The number of nitrogens with one attached hydrogen (secondary N) is 1. The highest BCUT2D eigenvalue weighted by Gasteiger charge is 2.16. The standard InChI is InChI=1S/C15H15N6O5/c1-18-13-12(14(23)19(2)15(18)24)20(8-16-13)7-11(22)17-9-3-5-10(6-4-9)21(25)26/h3-6,8,25H,7H2,1-2H3,(H,17,22)/q-1. The minimum absolute atomic E-state index is 0.0213. The lowest BCUT2D eigenvalue weighted by atomic mass is 10.3. The van der Waals surface area contributed by atoms with Gasteiger partial charge in [0.1, 0.15) is 6.54 Å². The largest absolute Gasteiger partial charge is 0.733 e. The Bertz CT molecular complexity index is 1090. The Balaban J connectivity index is 1.86. The van der Waals surface area contributed by atoms with Crippen molar-refractivity contribution in [2.75, 3.05) is 10.5 Å². The van der Waals surface area contributed by atoms with Crippen LogP contribution in [0.3, 0.4) is 0 Å². The van der Waals surface area contributed by atoms with Crippen molar-refractivity contribution in [3.05, 3.63) is 56.6 Å². The molecular formula is C15H15N6O5-. The number of fused-ring (bicyclic) bond motifs is 1. The number of imidazole rings is 1. The van der Waals surface area contributed by atoms with Gasteiger partial charge in [-0.15, -0.1) is 0 Å². The molecule has 0 fully saturated rings. The highest BCUT2D eigenvalue weighted by Crippen LogP contribution is 2.16. The van der Waals surface area contributed by atoms with Crippen molar-refractivity contribution in [1.82, 2.24) is 18.7 Å². The summed E-state index contributed by atoms with van der Waals surface area (Å²) in [7, 11) is 2.84. The first kappa shape index (κ1) is 17.4. The Morgan fingerprint density at radius 1 is 1.23 bits per heavy atom. The Labute approximate surface area is 145 Å². The van der Waals surface area contributed by atoms with Crippen molar-refractivity contribution >= 4 is 28.4 Å². The molecule has 0 saturated carbocycles. The summed E-state index contributed by atoms with van der Waals surface area (Å²) in [6.07, 6.45) is 1.31. The Morgan fingerprint density at radius 3 is 2.50 bits per heavy atom. The summed E-state index contributed by atoms with van der Waals surface area (Å²) in [4.78, 5) is 40.5. The SMILES string of the molecule is Cn1c(=O)c2c(ncn2CC(=O)Nc2ccc(N([O-])O)cc2)n(C)c1=O. The summed E-state index contributed by atoms with van der Waals surface area (Å²) in [5.74, 6) is -0.434. The summed E-state index contributed by atoms with van der Waals surface area (Å²) in [6, 6.07) is 5.56. The maximum Gasteiger partial charge on any atom is 0.332 e. The molecule has 0 aliphatic rings. The lowest BCUT2D eigenvalue weighted by molar-refractivity contribution is -0.116. The van der Waals surface area contributed by atoms with E-state index in [1.807, 2.05) is 0 Å². The van der Waals surface area contributed by atoms with E-state index in [-0.39, 0.29) is 28.6 Å². The lowest BCUT2D eigenvalue weighted by Crippen LogP contribution is -2.37. The van der Waals surface area contributed by atoms with Gasteiger partial charge in [0, 0.05) is 19.8 Å². The molecule has 2 heterocycles. The summed E-state index contributed by atoms with van der Waals surface area (Å²) < 4.78 is 3.53. The second-order valence-electron chi connectivity index (χ2n) is 5.62. The number of hydrogen-bond donors (Lipinski definition) is 2. The second-order valence-corrected chi connectivity index (χ2v) is 5.62. The van der Waals surface area contributed by atoms with E-state index in [9.17, 15) is 19.6 Å². The number of aromatic nitrogens is 4. The van der Waals surface area contributed by atoms with Crippen LogP contribution in [0.25, 0.3) is 11.2 Å². The fourth-order valence-electron chi connectivity index (χ4n) is 2.54. The molecule has 0 atom stereocenters. The van der Waals surface area contributed by atoms with Gasteiger partial charge in [0.2, 0.25) is 5.91 Å². The molecule has 0 saturated heterocycles. The number of hydrogen-bond acceptors (Lipinski definition) is 7. The molecule has 26 heavy (non-hydrogen) atoms. The van der Waals surface area contributed by atoms with Gasteiger partial charge in [-0.2, -0.15) is 0 Å². The zero-order valence-corrected chi connectivity index (χ0v) is 13.9. The van der Waals surface area contributed by atoms with Gasteiger partial charge in [-0.1, -0.05) is 0 Å². The minimum atomic E-state index is -0.545. The Kier molecular flexibility index (Phi) is 4.32. The van der Waals surface area contributed by atoms with Gasteiger partial charge in [0.05, 0.1) is 12.0 Å². The number of aryl methyl sites for hydroxylation is 1. The monoisotopic (exact) mass is 359 g/mol. The third kappa shape index (κ3) is 2.96. The number of anilines is 2. The molecule has 11 heteroatoms. The highest BCUT2D eigenvalue weighted by molar-refractivity contribution is 5.91. The summed E-state index contributed by atoms with van der Waals surface area (Å²) in [5.41, 5.74) is -0.292. The summed E-state index contributed by atoms with van der Waals surface area (Å²) in [5, 5.41) is 21.8. The maximum absolute atomic E-state index is 12.3. The van der Waals surface area contributed by atoms with Gasteiger partial charge in [-0.25, -0.2) is 9.78 Å². The van der Waals surface area contributed by atoms with Gasteiger partial charge < -0.3 is 20.3 Å². The minimum Gasteiger partial charge on any atom is -0.733 e. The van der Waals surface area contributed by atoms with Crippen LogP contribution < -0.4 is 21.8 Å². The quantitative estimate of drug-likeness (QED) is 0.614.